The van der Waals surface area contributed by atoms with Crippen LogP contribution in [-0.4, -0.2) is 18.0 Å². The highest BCUT2D eigenvalue weighted by atomic mass is 16.2. The highest BCUT2D eigenvalue weighted by Crippen LogP contribution is 2.19. The number of hydrazone groups is 1. The van der Waals surface area contributed by atoms with E-state index in [2.05, 4.69) is 15.8 Å². The van der Waals surface area contributed by atoms with Gasteiger partial charge in [-0.1, -0.05) is 48.5 Å². The highest BCUT2D eigenvalue weighted by molar-refractivity contribution is 6.39. The Morgan fingerprint density at radius 3 is 2.18 bits per heavy atom. The van der Waals surface area contributed by atoms with E-state index >= 15 is 0 Å². The van der Waals surface area contributed by atoms with Crippen LogP contribution in [0.3, 0.4) is 0 Å². The molecule has 0 bridgehead atoms. The Balaban J connectivity index is 1.95. The van der Waals surface area contributed by atoms with Gasteiger partial charge in [-0.3, -0.25) is 9.59 Å². The number of para-hydroxylation sites is 1. The number of nitrogens with zero attached hydrogens (tertiary/aromatic N) is 1. The molecule has 112 valence electrons. The summed E-state index contributed by atoms with van der Waals surface area (Å²) >= 11 is 0. The van der Waals surface area contributed by atoms with Crippen molar-refractivity contribution >= 4 is 23.7 Å². The van der Waals surface area contributed by atoms with Gasteiger partial charge in [-0.25, -0.2) is 5.43 Å². The number of hydrogen-bond acceptors (Lipinski definition) is 3. The van der Waals surface area contributed by atoms with Crippen molar-refractivity contribution in [2.24, 2.45) is 5.10 Å². The Labute approximate surface area is 129 Å². The van der Waals surface area contributed by atoms with Gasteiger partial charge < -0.3 is 5.32 Å². The van der Waals surface area contributed by atoms with Crippen molar-refractivity contribution < 1.29 is 9.59 Å². The van der Waals surface area contributed by atoms with E-state index in [-0.39, 0.29) is 0 Å². The fraction of sp³-hybridized carbons (Fsp3) is 0.118. The summed E-state index contributed by atoms with van der Waals surface area (Å²) in [5, 5.41) is 6.37. The Morgan fingerprint density at radius 2 is 1.55 bits per heavy atom. The molecule has 22 heavy (non-hydrogen) atoms. The minimum Gasteiger partial charge on any atom is -0.317 e. The van der Waals surface area contributed by atoms with Crippen LogP contribution in [0.4, 0.5) is 5.69 Å². The summed E-state index contributed by atoms with van der Waals surface area (Å²) in [7, 11) is 0. The summed E-state index contributed by atoms with van der Waals surface area (Å²) in [4.78, 5) is 23.6. The van der Waals surface area contributed by atoms with Crippen LogP contribution in [0.1, 0.15) is 16.7 Å². The van der Waals surface area contributed by atoms with Crippen molar-refractivity contribution in [2.45, 2.75) is 13.8 Å². The van der Waals surface area contributed by atoms with Crippen LogP contribution >= 0.6 is 0 Å². The average Bonchev–Trinajstić information content (AvgIpc) is 2.52. The molecule has 0 aromatic heterocycles. The van der Waals surface area contributed by atoms with Crippen LogP contribution in [0.5, 0.6) is 0 Å². The van der Waals surface area contributed by atoms with E-state index in [1.807, 2.05) is 62.4 Å². The van der Waals surface area contributed by atoms with E-state index < -0.39 is 11.8 Å². The van der Waals surface area contributed by atoms with Gasteiger partial charge in [-0.2, -0.15) is 5.10 Å². The second-order valence-electron chi connectivity index (χ2n) is 4.83. The molecule has 0 aliphatic heterocycles. The number of rotatable bonds is 3. The van der Waals surface area contributed by atoms with E-state index in [1.54, 1.807) is 0 Å². The Kier molecular flexibility index (Phi) is 5.03. The van der Waals surface area contributed by atoms with Crippen molar-refractivity contribution in [3.05, 3.63) is 65.2 Å². The maximum Gasteiger partial charge on any atom is 0.329 e. The van der Waals surface area contributed by atoms with E-state index in [0.29, 0.717) is 5.69 Å². The maximum absolute atomic E-state index is 11.9. The van der Waals surface area contributed by atoms with Gasteiger partial charge in [0.25, 0.3) is 0 Å². The lowest BCUT2D eigenvalue weighted by Gasteiger charge is -2.10. The molecular weight excluding hydrogens is 278 g/mol. The molecule has 5 nitrogen and oxygen atoms in total. The standard InChI is InChI=1S/C17H17N3O2/c1-12-7-6-8-13(2)15(12)19-16(21)17(22)20-18-11-14-9-4-3-5-10-14/h3-11H,1-2H3,(H,19,21)(H,20,22)/b18-11-. The number of benzene rings is 2. The van der Waals surface area contributed by atoms with Gasteiger partial charge in [0.05, 0.1) is 6.21 Å². The minimum absolute atomic E-state index is 0.648. The molecule has 0 heterocycles. The molecule has 0 aliphatic rings. The molecule has 0 radical (unpaired) electrons. The molecule has 0 saturated carbocycles. The number of carbonyl (C=O) groups is 2. The minimum atomic E-state index is -0.810. The third-order valence-corrected chi connectivity index (χ3v) is 3.11. The van der Waals surface area contributed by atoms with Crippen LogP contribution in [0.2, 0.25) is 0 Å². The number of amides is 2. The average molecular weight is 295 g/mol. The number of anilines is 1. The van der Waals surface area contributed by atoms with E-state index in [9.17, 15) is 9.59 Å². The lowest BCUT2D eigenvalue weighted by Crippen LogP contribution is -2.32. The Morgan fingerprint density at radius 1 is 0.909 bits per heavy atom. The SMILES string of the molecule is Cc1cccc(C)c1NC(=O)C(=O)N/N=C\c1ccccc1. The van der Waals surface area contributed by atoms with Crippen LogP contribution in [0.25, 0.3) is 0 Å². The van der Waals surface area contributed by atoms with Crippen molar-refractivity contribution in [1.29, 1.82) is 0 Å². The second-order valence-corrected chi connectivity index (χ2v) is 4.83. The monoisotopic (exact) mass is 295 g/mol. The summed E-state index contributed by atoms with van der Waals surface area (Å²) in [6.45, 7) is 3.74. The Hall–Kier alpha value is -2.95. The largest absolute Gasteiger partial charge is 0.329 e. The zero-order valence-electron chi connectivity index (χ0n) is 12.5. The molecule has 0 saturated heterocycles. The first-order chi connectivity index (χ1) is 10.6. The molecule has 2 rings (SSSR count). The summed E-state index contributed by atoms with van der Waals surface area (Å²) < 4.78 is 0. The normalized spacial score (nSPS) is 10.5. The van der Waals surface area contributed by atoms with E-state index in [4.69, 9.17) is 0 Å². The van der Waals surface area contributed by atoms with Gasteiger partial charge in [0.2, 0.25) is 0 Å². The van der Waals surface area contributed by atoms with Crippen molar-refractivity contribution in [3.63, 3.8) is 0 Å². The molecule has 0 unspecified atom stereocenters. The fourth-order valence-corrected chi connectivity index (χ4v) is 1.94. The molecule has 0 spiro atoms. The summed E-state index contributed by atoms with van der Waals surface area (Å²) in [5.74, 6) is -1.56. The zero-order chi connectivity index (χ0) is 15.9. The van der Waals surface area contributed by atoms with Crippen LogP contribution in [0.15, 0.2) is 53.6 Å². The van der Waals surface area contributed by atoms with Crippen molar-refractivity contribution in [1.82, 2.24) is 5.43 Å². The molecule has 2 amide bonds. The molecule has 0 aliphatic carbocycles. The highest BCUT2D eigenvalue weighted by Gasteiger charge is 2.14. The van der Waals surface area contributed by atoms with Crippen molar-refractivity contribution in [2.75, 3.05) is 5.32 Å². The lowest BCUT2D eigenvalue weighted by molar-refractivity contribution is -0.136. The predicted octanol–water partition coefficient (Wildman–Crippen LogP) is 2.39. The van der Waals surface area contributed by atoms with Crippen LogP contribution in [0, 0.1) is 13.8 Å². The summed E-state index contributed by atoms with van der Waals surface area (Å²) in [6, 6.07) is 14.9. The first-order valence-corrected chi connectivity index (χ1v) is 6.83. The first kappa shape index (κ1) is 15.4. The predicted molar refractivity (Wildman–Crippen MR) is 86.7 cm³/mol. The Bertz CT molecular complexity index is 689. The zero-order valence-corrected chi connectivity index (χ0v) is 12.5. The number of aryl methyl sites for hydroxylation is 2. The molecular formula is C17H17N3O2. The quantitative estimate of drug-likeness (QED) is 0.518. The molecule has 0 atom stereocenters. The summed E-state index contributed by atoms with van der Waals surface area (Å²) in [6.07, 6.45) is 1.48. The van der Waals surface area contributed by atoms with Crippen molar-refractivity contribution in [3.8, 4) is 0 Å². The van der Waals surface area contributed by atoms with Gasteiger partial charge in [-0.05, 0) is 30.5 Å². The van der Waals surface area contributed by atoms with Gasteiger partial charge in [0.1, 0.15) is 0 Å². The third-order valence-electron chi connectivity index (χ3n) is 3.11. The number of hydrogen-bond donors (Lipinski definition) is 2. The van der Waals surface area contributed by atoms with Gasteiger partial charge in [0, 0.05) is 5.69 Å². The summed E-state index contributed by atoms with van der Waals surface area (Å²) in [5.41, 5.74) is 5.48. The first-order valence-electron chi connectivity index (χ1n) is 6.83. The molecule has 5 heteroatoms. The molecule has 0 fully saturated rings. The lowest BCUT2D eigenvalue weighted by atomic mass is 10.1. The molecule has 2 N–H and O–H groups in total. The van der Waals surface area contributed by atoms with Gasteiger partial charge >= 0.3 is 11.8 Å². The molecule has 2 aromatic carbocycles. The fourth-order valence-electron chi connectivity index (χ4n) is 1.94. The van der Waals surface area contributed by atoms with E-state index in [0.717, 1.165) is 16.7 Å². The molecule has 2 aromatic rings. The third kappa shape index (κ3) is 4.02. The smallest absolute Gasteiger partial charge is 0.317 e. The van der Waals surface area contributed by atoms with Crippen LogP contribution < -0.4 is 10.7 Å². The van der Waals surface area contributed by atoms with Crippen LogP contribution in [-0.2, 0) is 9.59 Å². The van der Waals surface area contributed by atoms with Gasteiger partial charge in [-0.15, -0.1) is 0 Å². The topological polar surface area (TPSA) is 70.6 Å². The van der Waals surface area contributed by atoms with Gasteiger partial charge in [0.15, 0.2) is 0 Å². The second kappa shape index (κ2) is 7.17. The number of nitrogens with one attached hydrogen (secondary N) is 2. The maximum atomic E-state index is 11.9. The van der Waals surface area contributed by atoms with E-state index in [1.165, 1.54) is 6.21 Å². The number of carbonyl (C=O) groups excluding carboxylic acids is 2.